The van der Waals surface area contributed by atoms with Gasteiger partial charge in [-0.3, -0.25) is 4.90 Å². The topological polar surface area (TPSA) is 46.6 Å². The zero-order valence-electron chi connectivity index (χ0n) is 18.1. The Balaban J connectivity index is 2.12. The van der Waals surface area contributed by atoms with Crippen LogP contribution in [0.5, 0.6) is 0 Å². The van der Waals surface area contributed by atoms with E-state index in [1.54, 1.807) is 17.6 Å². The van der Waals surface area contributed by atoms with Crippen LogP contribution in [0.15, 0.2) is 103 Å². The van der Waals surface area contributed by atoms with Crippen LogP contribution in [0.25, 0.3) is 0 Å². The molecule has 1 atom stereocenters. The average molecular weight is 433 g/mol. The standard InChI is InChI=1S/C26H28NO3P/c1-4-30-26(28)27(22(3)23-14-8-5-9-15-23)21(2)20-31(29,24-16-10-6-11-17-24)25-18-12-7-13-19-25/h5-20,22H,4H2,1-3H3/b21-20+/t22-/m0/s1. The first-order valence-electron chi connectivity index (χ1n) is 10.4. The molecule has 3 aromatic carbocycles. The van der Waals surface area contributed by atoms with Crippen LogP contribution in [0.4, 0.5) is 4.79 Å². The van der Waals surface area contributed by atoms with Gasteiger partial charge in [-0.05, 0) is 26.3 Å². The van der Waals surface area contributed by atoms with E-state index >= 15 is 0 Å². The second-order valence-corrected chi connectivity index (χ2v) is 9.86. The van der Waals surface area contributed by atoms with E-state index in [-0.39, 0.29) is 12.6 Å². The van der Waals surface area contributed by atoms with Gasteiger partial charge in [0.15, 0.2) is 7.14 Å². The zero-order chi connectivity index (χ0) is 22.3. The van der Waals surface area contributed by atoms with Crippen molar-refractivity contribution in [3.8, 4) is 0 Å². The molecule has 0 N–H and O–H groups in total. The van der Waals surface area contributed by atoms with Gasteiger partial charge in [-0.25, -0.2) is 4.79 Å². The first-order chi connectivity index (χ1) is 15.0. The van der Waals surface area contributed by atoms with Crippen molar-refractivity contribution < 1.29 is 14.1 Å². The van der Waals surface area contributed by atoms with E-state index in [1.165, 1.54) is 0 Å². The molecule has 31 heavy (non-hydrogen) atoms. The summed E-state index contributed by atoms with van der Waals surface area (Å²) in [7, 11) is -3.14. The number of carbonyl (C=O) groups excluding carboxylic acids is 1. The number of hydrogen-bond acceptors (Lipinski definition) is 3. The minimum Gasteiger partial charge on any atom is -0.449 e. The number of hydrogen-bond donors (Lipinski definition) is 0. The van der Waals surface area contributed by atoms with Crippen molar-refractivity contribution >= 4 is 23.8 Å². The second kappa shape index (κ2) is 10.3. The summed E-state index contributed by atoms with van der Waals surface area (Å²) in [5, 5.41) is 1.44. The smallest absolute Gasteiger partial charge is 0.414 e. The predicted octanol–water partition coefficient (Wildman–Crippen LogP) is 6.08. The monoisotopic (exact) mass is 433 g/mol. The third-order valence-corrected chi connectivity index (χ3v) is 8.03. The van der Waals surface area contributed by atoms with Crippen LogP contribution in [0.1, 0.15) is 32.4 Å². The molecule has 0 saturated heterocycles. The molecular formula is C26H28NO3P. The predicted molar refractivity (Wildman–Crippen MR) is 127 cm³/mol. The summed E-state index contributed by atoms with van der Waals surface area (Å²) in [4.78, 5) is 14.5. The molecular weight excluding hydrogens is 405 g/mol. The molecule has 160 valence electrons. The van der Waals surface area contributed by atoms with Crippen LogP contribution >= 0.6 is 7.14 Å². The Morgan fingerprint density at radius 3 is 1.81 bits per heavy atom. The van der Waals surface area contributed by atoms with Gasteiger partial charge in [0.05, 0.1) is 12.6 Å². The Kier molecular flexibility index (Phi) is 7.49. The van der Waals surface area contributed by atoms with Gasteiger partial charge in [-0.2, -0.15) is 0 Å². The van der Waals surface area contributed by atoms with Crippen LogP contribution in [0.3, 0.4) is 0 Å². The van der Waals surface area contributed by atoms with Crippen LogP contribution in [0.2, 0.25) is 0 Å². The zero-order valence-corrected chi connectivity index (χ0v) is 19.0. The van der Waals surface area contributed by atoms with Crippen LogP contribution < -0.4 is 10.6 Å². The van der Waals surface area contributed by atoms with E-state index in [4.69, 9.17) is 4.74 Å². The number of carbonyl (C=O) groups is 1. The number of allylic oxidation sites excluding steroid dienone is 1. The van der Waals surface area contributed by atoms with Crippen molar-refractivity contribution in [2.75, 3.05) is 6.61 Å². The lowest BCUT2D eigenvalue weighted by Gasteiger charge is -2.30. The van der Waals surface area contributed by atoms with Gasteiger partial charge >= 0.3 is 6.09 Å². The van der Waals surface area contributed by atoms with Gasteiger partial charge < -0.3 is 9.30 Å². The molecule has 3 aromatic rings. The number of rotatable bonds is 7. The quantitative estimate of drug-likeness (QED) is 0.424. The third-order valence-electron chi connectivity index (χ3n) is 5.16. The second-order valence-electron chi connectivity index (χ2n) is 7.26. The average Bonchev–Trinajstić information content (AvgIpc) is 2.81. The van der Waals surface area contributed by atoms with E-state index in [1.807, 2.05) is 105 Å². The highest BCUT2D eigenvalue weighted by molar-refractivity contribution is 7.81. The molecule has 0 unspecified atom stereocenters. The molecule has 1 amide bonds. The highest BCUT2D eigenvalue weighted by Gasteiger charge is 2.30. The van der Waals surface area contributed by atoms with Crippen molar-refractivity contribution in [2.24, 2.45) is 0 Å². The Labute approximate surface area is 184 Å². The highest BCUT2D eigenvalue weighted by Crippen LogP contribution is 2.47. The fourth-order valence-electron chi connectivity index (χ4n) is 3.60. The van der Waals surface area contributed by atoms with E-state index in [9.17, 15) is 9.36 Å². The minimum absolute atomic E-state index is 0.263. The largest absolute Gasteiger partial charge is 0.449 e. The minimum atomic E-state index is -3.14. The maximum atomic E-state index is 14.4. The maximum absolute atomic E-state index is 14.4. The SMILES string of the molecule is CCOC(=O)N(/C(C)=C/P(=O)(c1ccccc1)c1ccccc1)[C@@H](C)c1ccccc1. The van der Waals surface area contributed by atoms with Crippen molar-refractivity contribution in [3.63, 3.8) is 0 Å². The third kappa shape index (κ3) is 5.15. The van der Waals surface area contributed by atoms with Gasteiger partial charge in [-0.1, -0.05) is 91.0 Å². The van der Waals surface area contributed by atoms with Crippen LogP contribution in [-0.2, 0) is 9.30 Å². The first kappa shape index (κ1) is 22.6. The fraction of sp³-hybridized carbons (Fsp3) is 0.192. The lowest BCUT2D eigenvalue weighted by molar-refractivity contribution is 0.107. The highest BCUT2D eigenvalue weighted by atomic mass is 31.2. The molecule has 0 spiro atoms. The molecule has 0 fully saturated rings. The Morgan fingerprint density at radius 2 is 1.35 bits per heavy atom. The molecule has 3 rings (SSSR count). The molecule has 0 aliphatic carbocycles. The van der Waals surface area contributed by atoms with Crippen LogP contribution in [-0.4, -0.2) is 17.6 Å². The van der Waals surface area contributed by atoms with E-state index in [2.05, 4.69) is 0 Å². The molecule has 0 aliphatic heterocycles. The van der Waals surface area contributed by atoms with Crippen molar-refractivity contribution in [2.45, 2.75) is 26.8 Å². The van der Waals surface area contributed by atoms with E-state index < -0.39 is 13.2 Å². The maximum Gasteiger partial charge on any atom is 0.414 e. The van der Waals surface area contributed by atoms with Crippen molar-refractivity contribution in [1.29, 1.82) is 0 Å². The van der Waals surface area contributed by atoms with E-state index in [0.717, 1.165) is 16.2 Å². The first-order valence-corrected chi connectivity index (χ1v) is 12.2. The summed E-state index contributed by atoms with van der Waals surface area (Å²) in [6, 6.07) is 28.3. The molecule has 0 aliphatic rings. The van der Waals surface area contributed by atoms with Gasteiger partial charge in [0, 0.05) is 22.1 Å². The molecule has 0 aromatic heterocycles. The fourth-order valence-corrected chi connectivity index (χ4v) is 6.08. The Hall–Kier alpha value is -3.10. The van der Waals surface area contributed by atoms with Crippen LogP contribution in [0, 0.1) is 0 Å². The van der Waals surface area contributed by atoms with Gasteiger partial charge in [0.1, 0.15) is 0 Å². The summed E-state index contributed by atoms with van der Waals surface area (Å²) >= 11 is 0. The molecule has 0 saturated carbocycles. The Morgan fingerprint density at radius 1 is 0.903 bits per heavy atom. The van der Waals surface area contributed by atoms with Crippen molar-refractivity contribution in [3.05, 3.63) is 108 Å². The van der Waals surface area contributed by atoms with Crippen molar-refractivity contribution in [1.82, 2.24) is 4.90 Å². The summed E-state index contributed by atoms with van der Waals surface area (Å²) < 4.78 is 19.8. The molecule has 5 heteroatoms. The lowest BCUT2D eigenvalue weighted by Crippen LogP contribution is -2.33. The molecule has 0 heterocycles. The van der Waals surface area contributed by atoms with Gasteiger partial charge in [0.2, 0.25) is 0 Å². The number of nitrogens with zero attached hydrogens (tertiary/aromatic N) is 1. The molecule has 4 nitrogen and oxygen atoms in total. The summed E-state index contributed by atoms with van der Waals surface area (Å²) in [6.45, 7) is 5.80. The summed E-state index contributed by atoms with van der Waals surface area (Å²) in [5.41, 5.74) is 1.56. The molecule has 0 bridgehead atoms. The van der Waals surface area contributed by atoms with E-state index in [0.29, 0.717) is 5.70 Å². The number of benzene rings is 3. The number of amides is 1. The van der Waals surface area contributed by atoms with Gasteiger partial charge in [0.25, 0.3) is 0 Å². The summed E-state index contributed by atoms with van der Waals surface area (Å²) in [6.07, 6.45) is -0.458. The lowest BCUT2D eigenvalue weighted by atomic mass is 10.1. The summed E-state index contributed by atoms with van der Waals surface area (Å²) in [5.74, 6) is 1.73. The normalized spacial score (nSPS) is 12.8. The number of ether oxygens (including phenoxy) is 1. The Bertz CT molecular complexity index is 1020. The molecule has 0 radical (unpaired) electrons. The van der Waals surface area contributed by atoms with Gasteiger partial charge in [-0.15, -0.1) is 0 Å².